The van der Waals surface area contributed by atoms with Gasteiger partial charge in [-0.1, -0.05) is 31.2 Å². The van der Waals surface area contributed by atoms with Crippen LogP contribution >= 0.6 is 12.2 Å². The van der Waals surface area contributed by atoms with Crippen LogP contribution in [0.5, 0.6) is 0 Å². The highest BCUT2D eigenvalue weighted by Crippen LogP contribution is 2.41. The van der Waals surface area contributed by atoms with Crippen molar-refractivity contribution in [2.45, 2.75) is 45.7 Å². The molecule has 0 spiro atoms. The van der Waals surface area contributed by atoms with Gasteiger partial charge in [-0.2, -0.15) is 0 Å². The zero-order valence-corrected chi connectivity index (χ0v) is 25.2. The van der Waals surface area contributed by atoms with E-state index in [9.17, 15) is 4.79 Å². The van der Waals surface area contributed by atoms with E-state index in [1.165, 1.54) is 5.56 Å². The lowest BCUT2D eigenvalue weighted by Crippen LogP contribution is -2.33. The zero-order chi connectivity index (χ0) is 29.1. The number of thiocarbonyl (C=S) groups is 1. The third kappa shape index (κ3) is 5.84. The van der Waals surface area contributed by atoms with Gasteiger partial charge in [0.1, 0.15) is 0 Å². The molecule has 5 rings (SSSR count). The van der Waals surface area contributed by atoms with Crippen molar-refractivity contribution in [1.29, 1.82) is 0 Å². The minimum atomic E-state index is -0.141. The summed E-state index contributed by atoms with van der Waals surface area (Å²) in [5.41, 5.74) is 8.63. The van der Waals surface area contributed by atoms with Gasteiger partial charge in [0.2, 0.25) is 5.91 Å². The summed E-state index contributed by atoms with van der Waals surface area (Å²) < 4.78 is 2.29. The topological polar surface area (TPSA) is 65.4 Å². The first kappa shape index (κ1) is 28.4. The number of nitrogens with zero attached hydrogens (tertiary/aromatic N) is 4. The molecule has 0 aliphatic carbocycles. The molecular weight excluding hydrogens is 528 g/mol. The van der Waals surface area contributed by atoms with E-state index in [0.29, 0.717) is 18.1 Å². The molecule has 1 fully saturated rings. The molecule has 2 aromatic carbocycles. The van der Waals surface area contributed by atoms with Crippen LogP contribution in [0.3, 0.4) is 0 Å². The molecule has 1 amide bonds. The highest BCUT2D eigenvalue weighted by Gasteiger charge is 2.41. The van der Waals surface area contributed by atoms with Crippen LogP contribution in [0.2, 0.25) is 0 Å². The molecule has 1 aliphatic heterocycles. The highest BCUT2D eigenvalue weighted by atomic mass is 32.1. The number of carbonyl (C=O) groups excluding carboxylic acids is 1. The van der Waals surface area contributed by atoms with Crippen molar-refractivity contribution in [3.63, 3.8) is 0 Å². The second-order valence-electron chi connectivity index (χ2n) is 10.7. The van der Waals surface area contributed by atoms with E-state index < -0.39 is 0 Å². The number of carbonyl (C=O) groups is 1. The second kappa shape index (κ2) is 12.1. The maximum absolute atomic E-state index is 13.1. The average Bonchev–Trinajstić information content (AvgIpc) is 3.46. The van der Waals surface area contributed by atoms with Gasteiger partial charge in [0.05, 0.1) is 17.8 Å². The molecule has 0 unspecified atom stereocenters. The van der Waals surface area contributed by atoms with Crippen LogP contribution in [0.15, 0.2) is 79.0 Å². The molecule has 0 bridgehead atoms. The van der Waals surface area contributed by atoms with Crippen LogP contribution in [-0.4, -0.2) is 46.1 Å². The molecule has 1 aliphatic rings. The summed E-state index contributed by atoms with van der Waals surface area (Å²) >= 11 is 5.87. The van der Waals surface area contributed by atoms with Gasteiger partial charge in [-0.05, 0) is 92.1 Å². The molecular formula is C33H38N6OS. The van der Waals surface area contributed by atoms with Gasteiger partial charge in [-0.25, -0.2) is 0 Å². The van der Waals surface area contributed by atoms with Crippen LogP contribution in [0.25, 0.3) is 5.69 Å². The smallest absolute Gasteiger partial charge is 0.226 e. The van der Waals surface area contributed by atoms with Gasteiger partial charge in [0.25, 0.3) is 0 Å². The van der Waals surface area contributed by atoms with Crippen molar-refractivity contribution in [2.24, 2.45) is 0 Å². The first-order chi connectivity index (χ1) is 19.8. The third-order valence-corrected chi connectivity index (χ3v) is 8.22. The predicted molar refractivity (Wildman–Crippen MR) is 171 cm³/mol. The van der Waals surface area contributed by atoms with E-state index in [2.05, 4.69) is 81.1 Å². The van der Waals surface area contributed by atoms with Crippen molar-refractivity contribution >= 4 is 34.6 Å². The van der Waals surface area contributed by atoms with Crippen molar-refractivity contribution in [3.05, 3.63) is 107 Å². The minimum absolute atomic E-state index is 0.0276. The number of aryl methyl sites for hydroxylation is 2. The Kier molecular flexibility index (Phi) is 8.40. The van der Waals surface area contributed by atoms with Crippen LogP contribution in [-0.2, 0) is 11.2 Å². The van der Waals surface area contributed by atoms with E-state index in [1.807, 2.05) is 62.8 Å². The van der Waals surface area contributed by atoms with E-state index in [4.69, 9.17) is 12.2 Å². The van der Waals surface area contributed by atoms with Gasteiger partial charge in [-0.15, -0.1) is 0 Å². The van der Waals surface area contributed by atoms with Crippen LogP contribution < -0.4 is 15.5 Å². The number of nitrogens with one attached hydrogen (secondary N) is 2. The number of hydrogen-bond acceptors (Lipinski definition) is 4. The highest BCUT2D eigenvalue weighted by molar-refractivity contribution is 7.80. The summed E-state index contributed by atoms with van der Waals surface area (Å²) in [6.07, 6.45) is 2.99. The largest absolute Gasteiger partial charge is 0.378 e. The van der Waals surface area contributed by atoms with Crippen LogP contribution in [0.1, 0.15) is 53.6 Å². The standard InChI is InChI=1S/C33H38N6OS/c1-6-24-11-7-8-12-28(24)35-30(40)18-20-38-32(31(36-33(38)41)29-13-9-10-19-34-29)27-21-22(2)39(23(27)3)26-16-14-25(15-17-26)37(4)5/h7-17,19,21,31-32H,6,18,20H2,1-5H3,(H,35,40)(H,36,41)/t31-,32+/m1/s1. The van der Waals surface area contributed by atoms with Gasteiger partial charge in [0.15, 0.2) is 5.11 Å². The van der Waals surface area contributed by atoms with Crippen LogP contribution in [0, 0.1) is 13.8 Å². The SMILES string of the molecule is CCc1ccccc1NC(=O)CCN1C(=S)N[C@H](c2ccccn2)[C@@H]1c1cc(C)n(-c2ccc(N(C)C)cc2)c1C. The maximum Gasteiger partial charge on any atom is 0.226 e. The molecule has 2 atom stereocenters. The van der Waals surface area contributed by atoms with E-state index in [1.54, 1.807) is 0 Å². The molecule has 2 N–H and O–H groups in total. The number of hydrogen-bond donors (Lipinski definition) is 2. The quantitative estimate of drug-likeness (QED) is 0.238. The normalized spacial score (nSPS) is 16.5. The van der Waals surface area contributed by atoms with Crippen molar-refractivity contribution in [1.82, 2.24) is 19.8 Å². The molecule has 2 aromatic heterocycles. The summed E-state index contributed by atoms with van der Waals surface area (Å²) in [7, 11) is 4.09. The number of rotatable bonds is 9. The molecule has 4 aromatic rings. The summed E-state index contributed by atoms with van der Waals surface area (Å²) in [5.74, 6) is -0.0276. The summed E-state index contributed by atoms with van der Waals surface area (Å²) in [6.45, 7) is 6.87. The number of para-hydroxylation sites is 1. The Bertz CT molecular complexity index is 1530. The average molecular weight is 567 g/mol. The molecule has 0 saturated carbocycles. The maximum atomic E-state index is 13.1. The third-order valence-electron chi connectivity index (χ3n) is 7.86. The van der Waals surface area contributed by atoms with Crippen LogP contribution in [0.4, 0.5) is 11.4 Å². The summed E-state index contributed by atoms with van der Waals surface area (Å²) in [5, 5.41) is 7.26. The first-order valence-corrected chi connectivity index (χ1v) is 14.5. The number of amides is 1. The van der Waals surface area contributed by atoms with Crippen molar-refractivity contribution < 1.29 is 4.79 Å². The Balaban J connectivity index is 1.46. The second-order valence-corrected chi connectivity index (χ2v) is 11.1. The monoisotopic (exact) mass is 566 g/mol. The lowest BCUT2D eigenvalue weighted by Gasteiger charge is -2.28. The molecule has 212 valence electrons. The Labute approximate surface area is 248 Å². The Morgan fingerprint density at radius 1 is 1.05 bits per heavy atom. The minimum Gasteiger partial charge on any atom is -0.378 e. The lowest BCUT2D eigenvalue weighted by atomic mass is 9.96. The molecule has 7 nitrogen and oxygen atoms in total. The fourth-order valence-corrected chi connectivity index (χ4v) is 6.09. The number of anilines is 2. The molecule has 0 radical (unpaired) electrons. The zero-order valence-electron chi connectivity index (χ0n) is 24.4. The number of pyridine rings is 1. The Morgan fingerprint density at radius 3 is 2.46 bits per heavy atom. The molecule has 3 heterocycles. The predicted octanol–water partition coefficient (Wildman–Crippen LogP) is 6.12. The van der Waals surface area contributed by atoms with Gasteiger partial charge >= 0.3 is 0 Å². The summed E-state index contributed by atoms with van der Waals surface area (Å²) in [6, 6.07) is 24.5. The van der Waals surface area contributed by atoms with Gasteiger partial charge in [0, 0.05) is 61.7 Å². The molecule has 1 saturated heterocycles. The molecule has 41 heavy (non-hydrogen) atoms. The Hall–Kier alpha value is -4.17. The van der Waals surface area contributed by atoms with E-state index in [0.717, 1.165) is 46.1 Å². The van der Waals surface area contributed by atoms with E-state index in [-0.39, 0.29) is 18.0 Å². The fraction of sp³-hybridized carbons (Fsp3) is 0.303. The molecule has 8 heteroatoms. The van der Waals surface area contributed by atoms with Gasteiger partial charge < -0.3 is 25.0 Å². The van der Waals surface area contributed by atoms with Crippen molar-refractivity contribution in [2.75, 3.05) is 30.9 Å². The van der Waals surface area contributed by atoms with Crippen molar-refractivity contribution in [3.8, 4) is 5.69 Å². The fourth-order valence-electron chi connectivity index (χ4n) is 5.75. The van der Waals surface area contributed by atoms with E-state index >= 15 is 0 Å². The summed E-state index contributed by atoms with van der Waals surface area (Å²) in [4.78, 5) is 22.0. The van der Waals surface area contributed by atoms with Gasteiger partial charge in [-0.3, -0.25) is 9.78 Å². The Morgan fingerprint density at radius 2 is 1.78 bits per heavy atom. The lowest BCUT2D eigenvalue weighted by molar-refractivity contribution is -0.116. The number of benzene rings is 2. The first-order valence-electron chi connectivity index (χ1n) is 14.1. The number of aromatic nitrogens is 2.